The predicted molar refractivity (Wildman–Crippen MR) is 112 cm³/mol. The monoisotopic (exact) mass is 411 g/mol. The number of nitrogens with one attached hydrogen (secondary N) is 1. The molecule has 1 amide bonds. The third-order valence-electron chi connectivity index (χ3n) is 7.35. The Bertz CT molecular complexity index is 831. The van der Waals surface area contributed by atoms with Crippen LogP contribution in [0.25, 0.3) is 0 Å². The van der Waals surface area contributed by atoms with E-state index in [1.165, 1.54) is 50.3 Å². The minimum atomic E-state index is 0.0704. The van der Waals surface area contributed by atoms with Crippen LogP contribution < -0.4 is 5.32 Å². The van der Waals surface area contributed by atoms with E-state index in [-0.39, 0.29) is 11.9 Å². The Hall–Kier alpha value is -1.82. The summed E-state index contributed by atoms with van der Waals surface area (Å²) >= 11 is 1.33. The van der Waals surface area contributed by atoms with Crippen molar-refractivity contribution in [3.63, 3.8) is 0 Å². The first-order valence-electron chi connectivity index (χ1n) is 10.9. The van der Waals surface area contributed by atoms with Gasteiger partial charge in [-0.3, -0.25) is 4.79 Å². The number of aromatic nitrogens is 2. The van der Waals surface area contributed by atoms with Gasteiger partial charge < -0.3 is 9.73 Å². The van der Waals surface area contributed by atoms with Gasteiger partial charge in [0, 0.05) is 6.04 Å². The van der Waals surface area contributed by atoms with Crippen LogP contribution in [0, 0.1) is 23.2 Å². The van der Waals surface area contributed by atoms with Gasteiger partial charge in [-0.15, -0.1) is 10.2 Å². The predicted octanol–water partition coefficient (Wildman–Crippen LogP) is 4.47. The van der Waals surface area contributed by atoms with Gasteiger partial charge in [0.25, 0.3) is 5.22 Å². The summed E-state index contributed by atoms with van der Waals surface area (Å²) in [5.74, 6) is 3.68. The van der Waals surface area contributed by atoms with Crippen molar-refractivity contribution in [2.45, 2.75) is 63.1 Å². The highest BCUT2D eigenvalue weighted by molar-refractivity contribution is 7.99. The Balaban J connectivity index is 1.13. The summed E-state index contributed by atoms with van der Waals surface area (Å²) < 4.78 is 5.70. The molecule has 154 valence electrons. The lowest BCUT2D eigenvalue weighted by Gasteiger charge is -2.59. The van der Waals surface area contributed by atoms with E-state index in [2.05, 4.69) is 22.4 Å². The van der Waals surface area contributed by atoms with Gasteiger partial charge >= 0.3 is 0 Å². The molecule has 1 aromatic carbocycles. The van der Waals surface area contributed by atoms with Crippen molar-refractivity contribution in [3.8, 4) is 0 Å². The molecule has 0 unspecified atom stereocenters. The van der Waals surface area contributed by atoms with E-state index in [0.29, 0.717) is 28.7 Å². The first-order chi connectivity index (χ1) is 14.1. The first kappa shape index (κ1) is 19.2. The minimum absolute atomic E-state index is 0.0704. The fourth-order valence-corrected chi connectivity index (χ4v) is 7.00. The van der Waals surface area contributed by atoms with E-state index in [0.717, 1.165) is 23.3 Å². The molecule has 4 aliphatic rings. The third-order valence-corrected chi connectivity index (χ3v) is 8.17. The van der Waals surface area contributed by atoms with Crippen LogP contribution in [0.1, 0.15) is 56.9 Å². The molecule has 4 fully saturated rings. The van der Waals surface area contributed by atoms with Gasteiger partial charge in [0.2, 0.25) is 11.8 Å². The minimum Gasteiger partial charge on any atom is -0.416 e. The van der Waals surface area contributed by atoms with E-state index in [1.54, 1.807) is 0 Å². The van der Waals surface area contributed by atoms with Gasteiger partial charge in [-0.25, -0.2) is 0 Å². The van der Waals surface area contributed by atoms with E-state index in [9.17, 15) is 4.79 Å². The van der Waals surface area contributed by atoms with Crippen molar-refractivity contribution < 1.29 is 9.21 Å². The lowest BCUT2D eigenvalue weighted by molar-refractivity contribution is -0.123. The number of nitrogens with zero attached hydrogens (tertiary/aromatic N) is 2. The second kappa shape index (κ2) is 7.78. The fourth-order valence-electron chi connectivity index (χ4n) is 6.41. The van der Waals surface area contributed by atoms with Crippen molar-refractivity contribution in [2.24, 2.45) is 23.2 Å². The molecule has 0 radical (unpaired) electrons. The molecule has 6 rings (SSSR count). The number of carbonyl (C=O) groups is 1. The molecule has 29 heavy (non-hydrogen) atoms. The summed E-state index contributed by atoms with van der Waals surface area (Å²) in [4.78, 5) is 12.6. The summed E-state index contributed by atoms with van der Waals surface area (Å²) in [6.07, 6.45) is 8.82. The highest BCUT2D eigenvalue weighted by Gasteiger charge is 2.53. The van der Waals surface area contributed by atoms with Gasteiger partial charge in [-0.1, -0.05) is 42.1 Å². The summed E-state index contributed by atoms with van der Waals surface area (Å²) in [6.45, 7) is 2.22. The average molecular weight is 412 g/mol. The van der Waals surface area contributed by atoms with Crippen LogP contribution >= 0.6 is 11.8 Å². The molecule has 1 heterocycles. The summed E-state index contributed by atoms with van der Waals surface area (Å²) in [5, 5.41) is 12.0. The number of amides is 1. The maximum Gasteiger partial charge on any atom is 0.277 e. The molecule has 0 saturated heterocycles. The van der Waals surface area contributed by atoms with Crippen molar-refractivity contribution >= 4 is 17.7 Å². The largest absolute Gasteiger partial charge is 0.416 e. The Kier molecular flexibility index (Phi) is 5.14. The number of thioether (sulfide) groups is 1. The van der Waals surface area contributed by atoms with E-state index < -0.39 is 0 Å². The van der Waals surface area contributed by atoms with Crippen LogP contribution in [-0.2, 0) is 11.2 Å². The average Bonchev–Trinajstić information content (AvgIpc) is 3.13. The second-order valence-electron chi connectivity index (χ2n) is 9.48. The third kappa shape index (κ3) is 4.09. The quantitative estimate of drug-likeness (QED) is 0.681. The number of benzene rings is 1. The molecule has 1 aromatic heterocycles. The molecule has 2 aromatic rings. The Morgan fingerprint density at radius 3 is 2.45 bits per heavy atom. The van der Waals surface area contributed by atoms with Gasteiger partial charge in [-0.05, 0) is 74.2 Å². The van der Waals surface area contributed by atoms with Gasteiger partial charge in [0.1, 0.15) is 0 Å². The molecule has 1 N–H and O–H groups in total. The Labute approximate surface area is 176 Å². The van der Waals surface area contributed by atoms with Crippen LogP contribution in [0.4, 0.5) is 0 Å². The molecule has 4 bridgehead atoms. The zero-order valence-electron chi connectivity index (χ0n) is 17.0. The molecule has 6 heteroatoms. The van der Waals surface area contributed by atoms with Gasteiger partial charge in [0.05, 0.1) is 12.2 Å². The van der Waals surface area contributed by atoms with E-state index in [4.69, 9.17) is 4.42 Å². The number of hydrogen-bond donors (Lipinski definition) is 1. The molecule has 5 nitrogen and oxygen atoms in total. The zero-order chi connectivity index (χ0) is 19.8. The summed E-state index contributed by atoms with van der Waals surface area (Å²) in [5.41, 5.74) is 1.47. The maximum atomic E-state index is 12.6. The van der Waals surface area contributed by atoms with Crippen molar-refractivity contribution in [1.82, 2.24) is 15.5 Å². The second-order valence-corrected chi connectivity index (χ2v) is 10.4. The van der Waals surface area contributed by atoms with Crippen LogP contribution in [0.3, 0.4) is 0 Å². The van der Waals surface area contributed by atoms with E-state index >= 15 is 0 Å². The summed E-state index contributed by atoms with van der Waals surface area (Å²) in [6, 6.07) is 10.3. The lowest BCUT2D eigenvalue weighted by atomic mass is 9.48. The topological polar surface area (TPSA) is 68.0 Å². The Morgan fingerprint density at radius 1 is 1.14 bits per heavy atom. The molecule has 4 aliphatic carbocycles. The molecule has 0 spiro atoms. The van der Waals surface area contributed by atoms with Crippen molar-refractivity contribution in [2.75, 3.05) is 5.75 Å². The lowest BCUT2D eigenvalue weighted by Crippen LogP contribution is -2.56. The molecule has 1 atom stereocenters. The first-order valence-corrected chi connectivity index (χ1v) is 11.8. The normalized spacial score (nSPS) is 31.0. The number of hydrogen-bond acceptors (Lipinski definition) is 5. The standard InChI is InChI=1S/C23H29N3O2S/c1-15(23-11-17-7-18(12-23)9-19(8-17)13-23)24-20(27)14-29-22-26-25-21(28-22)10-16-5-3-2-4-6-16/h2-6,15,17-19H,7-14H2,1H3,(H,24,27)/t15-,17?,18?,19?,23?/m1/s1. The SMILES string of the molecule is C[C@@H](NC(=O)CSc1nnc(Cc2ccccc2)o1)C12CC3CC(CC(C3)C1)C2. The Morgan fingerprint density at radius 2 is 1.79 bits per heavy atom. The highest BCUT2D eigenvalue weighted by Crippen LogP contribution is 2.61. The zero-order valence-corrected chi connectivity index (χ0v) is 17.8. The number of carbonyl (C=O) groups excluding carboxylic acids is 1. The fraction of sp³-hybridized carbons (Fsp3) is 0.609. The molecule has 4 saturated carbocycles. The van der Waals surface area contributed by atoms with Crippen molar-refractivity contribution in [3.05, 3.63) is 41.8 Å². The molecule has 0 aliphatic heterocycles. The van der Waals surface area contributed by atoms with Crippen LogP contribution in [0.15, 0.2) is 40.0 Å². The highest BCUT2D eigenvalue weighted by atomic mass is 32.2. The van der Waals surface area contributed by atoms with Crippen LogP contribution in [0.2, 0.25) is 0 Å². The van der Waals surface area contributed by atoms with E-state index in [1.807, 2.05) is 30.3 Å². The number of rotatable bonds is 7. The summed E-state index contributed by atoms with van der Waals surface area (Å²) in [7, 11) is 0. The molecular weight excluding hydrogens is 382 g/mol. The smallest absolute Gasteiger partial charge is 0.277 e. The van der Waals surface area contributed by atoms with Crippen LogP contribution in [0.5, 0.6) is 0 Å². The maximum absolute atomic E-state index is 12.6. The van der Waals surface area contributed by atoms with Crippen LogP contribution in [-0.4, -0.2) is 27.9 Å². The molecular formula is C23H29N3O2S. The van der Waals surface area contributed by atoms with Gasteiger partial charge in [0.15, 0.2) is 0 Å². The van der Waals surface area contributed by atoms with Crippen molar-refractivity contribution in [1.29, 1.82) is 0 Å². The van der Waals surface area contributed by atoms with Gasteiger partial charge in [-0.2, -0.15) is 0 Å².